The van der Waals surface area contributed by atoms with Gasteiger partial charge in [0.05, 0.1) is 5.39 Å². The molecule has 0 amide bonds. The van der Waals surface area contributed by atoms with Gasteiger partial charge < -0.3 is 0 Å². The van der Waals surface area contributed by atoms with Gasteiger partial charge in [-0.25, -0.2) is 18.2 Å². The Kier molecular flexibility index (Phi) is 4.56. The van der Waals surface area contributed by atoms with Gasteiger partial charge in [-0.3, -0.25) is 14.3 Å². The highest BCUT2D eigenvalue weighted by molar-refractivity contribution is 7.89. The number of fused-ring (bicyclic) bond motifs is 2. The second-order valence-electron chi connectivity index (χ2n) is 6.80. The molecule has 0 saturated carbocycles. The minimum absolute atomic E-state index is 0.0345. The number of nitrogens with zero attached hydrogens (tertiary/aromatic N) is 3. The molecule has 0 fully saturated rings. The molecule has 4 aromatic rings. The molecule has 0 saturated heterocycles. The average Bonchev–Trinajstić information content (AvgIpc) is 2.71. The van der Waals surface area contributed by atoms with Crippen LogP contribution in [0.3, 0.4) is 0 Å². The summed E-state index contributed by atoms with van der Waals surface area (Å²) in [5.74, 6) is 0. The van der Waals surface area contributed by atoms with E-state index < -0.39 is 21.3 Å². The van der Waals surface area contributed by atoms with Crippen molar-refractivity contribution in [2.24, 2.45) is 7.05 Å². The number of aryl methyl sites for hydroxylation is 1. The van der Waals surface area contributed by atoms with Crippen molar-refractivity contribution in [2.45, 2.75) is 11.4 Å². The normalized spacial score (nSPS) is 12.1. The summed E-state index contributed by atoms with van der Waals surface area (Å²) >= 11 is 0. The van der Waals surface area contributed by atoms with Crippen LogP contribution < -0.4 is 11.2 Å². The maximum atomic E-state index is 13.0. The van der Waals surface area contributed by atoms with Crippen LogP contribution in [0.1, 0.15) is 5.56 Å². The number of aromatic nitrogens is 3. The first-order chi connectivity index (χ1) is 13.8. The van der Waals surface area contributed by atoms with Gasteiger partial charge >= 0.3 is 5.69 Å². The zero-order valence-electron chi connectivity index (χ0n) is 15.8. The second-order valence-corrected chi connectivity index (χ2v) is 8.85. The van der Waals surface area contributed by atoms with Gasteiger partial charge in [-0.15, -0.1) is 0 Å². The molecule has 1 N–H and O–H groups in total. The van der Waals surface area contributed by atoms with Crippen LogP contribution in [0.2, 0.25) is 0 Å². The van der Waals surface area contributed by atoms with E-state index in [0.29, 0.717) is 0 Å². The van der Waals surface area contributed by atoms with E-state index in [2.05, 4.69) is 9.97 Å². The van der Waals surface area contributed by atoms with Gasteiger partial charge in [-0.05, 0) is 28.5 Å². The Bertz CT molecular complexity index is 1470. The first-order valence-electron chi connectivity index (χ1n) is 8.80. The second kappa shape index (κ2) is 6.94. The Balaban J connectivity index is 1.71. The van der Waals surface area contributed by atoms with E-state index in [1.807, 2.05) is 42.5 Å². The largest absolute Gasteiger partial charge is 0.329 e. The van der Waals surface area contributed by atoms with E-state index >= 15 is 0 Å². The lowest BCUT2D eigenvalue weighted by atomic mass is 10.1. The third kappa shape index (κ3) is 3.34. The molecule has 2 aromatic carbocycles. The van der Waals surface area contributed by atoms with E-state index in [1.54, 1.807) is 0 Å². The van der Waals surface area contributed by atoms with Crippen LogP contribution in [0.4, 0.5) is 0 Å². The fraction of sp³-hybridized carbons (Fsp3) is 0.150. The van der Waals surface area contributed by atoms with Crippen molar-refractivity contribution < 1.29 is 8.42 Å². The van der Waals surface area contributed by atoms with Crippen molar-refractivity contribution in [3.8, 4) is 0 Å². The minimum Gasteiger partial charge on any atom is -0.281 e. The third-order valence-corrected chi connectivity index (χ3v) is 6.63. The molecule has 0 atom stereocenters. The number of H-pyrrole nitrogens is 1. The Hall–Kier alpha value is -3.30. The Morgan fingerprint density at radius 1 is 1.07 bits per heavy atom. The summed E-state index contributed by atoms with van der Waals surface area (Å²) in [7, 11) is -0.967. The molecular formula is C20H18N4O4S. The summed E-state index contributed by atoms with van der Waals surface area (Å²) in [5.41, 5.74) is -0.331. The monoisotopic (exact) mass is 410 g/mol. The number of sulfonamides is 1. The van der Waals surface area contributed by atoms with Gasteiger partial charge in [0.1, 0.15) is 10.5 Å². The molecule has 0 radical (unpaired) electrons. The van der Waals surface area contributed by atoms with Gasteiger partial charge in [-0.2, -0.15) is 4.31 Å². The predicted octanol–water partition coefficient (Wildman–Crippen LogP) is 1.60. The van der Waals surface area contributed by atoms with Crippen molar-refractivity contribution in [3.63, 3.8) is 0 Å². The van der Waals surface area contributed by atoms with Crippen molar-refractivity contribution in [2.75, 3.05) is 7.05 Å². The Labute approximate surface area is 166 Å². The number of nitrogens with one attached hydrogen (secondary N) is 1. The lowest BCUT2D eigenvalue weighted by Crippen LogP contribution is -2.30. The molecule has 0 aliphatic carbocycles. The molecule has 2 heterocycles. The van der Waals surface area contributed by atoms with Crippen molar-refractivity contribution in [1.82, 2.24) is 18.8 Å². The quantitative estimate of drug-likeness (QED) is 0.550. The van der Waals surface area contributed by atoms with Gasteiger partial charge in [0.15, 0.2) is 0 Å². The standard InChI is InChI=1S/C20H18N4O4S/c1-23(12-13-7-8-14-5-3-4-6-15(14)9-13)29(27,28)16-10-17-18(21-11-16)24(2)20(26)22-19(17)25/h3-11H,12H2,1-2H3,(H,22,25,26). The fourth-order valence-corrected chi connectivity index (χ4v) is 4.35. The van der Waals surface area contributed by atoms with Gasteiger partial charge in [-0.1, -0.05) is 36.4 Å². The highest BCUT2D eigenvalue weighted by Gasteiger charge is 2.23. The van der Waals surface area contributed by atoms with E-state index in [1.165, 1.54) is 24.5 Å². The van der Waals surface area contributed by atoms with Crippen LogP contribution in [-0.4, -0.2) is 34.3 Å². The van der Waals surface area contributed by atoms with Crippen LogP contribution in [0.5, 0.6) is 0 Å². The van der Waals surface area contributed by atoms with Crippen LogP contribution >= 0.6 is 0 Å². The molecule has 8 nitrogen and oxygen atoms in total. The van der Waals surface area contributed by atoms with Gasteiger partial charge in [0.2, 0.25) is 10.0 Å². The number of rotatable bonds is 4. The highest BCUT2D eigenvalue weighted by atomic mass is 32.2. The molecule has 9 heteroatoms. The fourth-order valence-electron chi connectivity index (χ4n) is 3.22. The third-order valence-electron chi connectivity index (χ3n) is 4.86. The molecule has 0 aliphatic heterocycles. The summed E-state index contributed by atoms with van der Waals surface area (Å²) in [6.07, 6.45) is 1.16. The summed E-state index contributed by atoms with van der Waals surface area (Å²) in [6, 6.07) is 14.9. The highest BCUT2D eigenvalue weighted by Crippen LogP contribution is 2.21. The summed E-state index contributed by atoms with van der Waals surface area (Å²) in [4.78, 5) is 29.9. The van der Waals surface area contributed by atoms with Gasteiger partial charge in [0, 0.05) is 26.8 Å². The lowest BCUT2D eigenvalue weighted by Gasteiger charge is -2.18. The Morgan fingerprint density at radius 3 is 2.55 bits per heavy atom. The molecule has 29 heavy (non-hydrogen) atoms. The molecule has 148 valence electrons. The number of hydrogen-bond acceptors (Lipinski definition) is 5. The van der Waals surface area contributed by atoms with Crippen LogP contribution in [0.15, 0.2) is 69.2 Å². The minimum atomic E-state index is -3.89. The number of hydrogen-bond donors (Lipinski definition) is 1. The van der Waals surface area contributed by atoms with Crippen molar-refractivity contribution in [1.29, 1.82) is 0 Å². The van der Waals surface area contributed by atoms with Crippen molar-refractivity contribution >= 4 is 31.8 Å². The van der Waals surface area contributed by atoms with Gasteiger partial charge in [0.25, 0.3) is 5.56 Å². The number of pyridine rings is 1. The predicted molar refractivity (Wildman–Crippen MR) is 110 cm³/mol. The smallest absolute Gasteiger partial charge is 0.281 e. The maximum absolute atomic E-state index is 13.0. The topological polar surface area (TPSA) is 105 Å². The number of benzene rings is 2. The summed E-state index contributed by atoms with van der Waals surface area (Å²) in [6.45, 7) is 0.162. The average molecular weight is 410 g/mol. The van der Waals surface area contributed by atoms with Crippen molar-refractivity contribution in [3.05, 3.63) is 81.1 Å². The first kappa shape index (κ1) is 19.0. The number of aromatic amines is 1. The van der Waals surface area contributed by atoms with E-state index in [4.69, 9.17) is 0 Å². The molecule has 0 spiro atoms. The molecule has 4 rings (SSSR count). The SMILES string of the molecule is CN(Cc1ccc2ccccc2c1)S(=O)(=O)c1cnc2c(c1)c(=O)[nH]c(=O)n2C. The molecular weight excluding hydrogens is 392 g/mol. The van der Waals surface area contributed by atoms with E-state index in [0.717, 1.165) is 27.1 Å². The lowest BCUT2D eigenvalue weighted by molar-refractivity contribution is 0.466. The maximum Gasteiger partial charge on any atom is 0.329 e. The summed E-state index contributed by atoms with van der Waals surface area (Å²) < 4.78 is 28.4. The van der Waals surface area contributed by atoms with Crippen LogP contribution in [0.25, 0.3) is 21.8 Å². The zero-order valence-corrected chi connectivity index (χ0v) is 16.6. The Morgan fingerprint density at radius 2 is 1.79 bits per heavy atom. The van der Waals surface area contributed by atoms with E-state index in [9.17, 15) is 18.0 Å². The first-order valence-corrected chi connectivity index (χ1v) is 10.2. The molecule has 0 bridgehead atoms. The summed E-state index contributed by atoms with van der Waals surface area (Å²) in [5, 5.41) is 2.13. The molecule has 2 aromatic heterocycles. The molecule has 0 aliphatic rings. The molecule has 0 unspecified atom stereocenters. The zero-order chi connectivity index (χ0) is 20.8. The van der Waals surface area contributed by atoms with Crippen LogP contribution in [0, 0.1) is 0 Å². The van der Waals surface area contributed by atoms with E-state index in [-0.39, 0.29) is 22.5 Å². The van der Waals surface area contributed by atoms with Crippen LogP contribution in [-0.2, 0) is 23.6 Å².